The standard InChI is InChI=1S/C12H17N3O4S/c1-19-10-8-13-20(17,18)15-12-7-4-6-11(14-12)5-2-3-9-16/h4,6-7,13,16H,3,8-10H2,1H3,(H,14,15). The summed E-state index contributed by atoms with van der Waals surface area (Å²) in [7, 11) is -2.20. The van der Waals surface area contributed by atoms with Gasteiger partial charge in [0.2, 0.25) is 0 Å². The first-order chi connectivity index (χ1) is 9.57. The maximum atomic E-state index is 11.7. The van der Waals surface area contributed by atoms with Gasteiger partial charge in [0.05, 0.1) is 13.2 Å². The number of aromatic nitrogens is 1. The van der Waals surface area contributed by atoms with Gasteiger partial charge in [0, 0.05) is 20.1 Å². The van der Waals surface area contributed by atoms with Crippen molar-refractivity contribution in [1.29, 1.82) is 0 Å². The van der Waals surface area contributed by atoms with E-state index in [1.54, 1.807) is 12.1 Å². The van der Waals surface area contributed by atoms with Crippen molar-refractivity contribution >= 4 is 16.0 Å². The number of ether oxygens (including phenoxy) is 1. The number of nitrogens with one attached hydrogen (secondary N) is 2. The summed E-state index contributed by atoms with van der Waals surface area (Å²) in [5, 5.41) is 8.62. The molecule has 0 aliphatic rings. The smallest absolute Gasteiger partial charge is 0.300 e. The van der Waals surface area contributed by atoms with Gasteiger partial charge in [-0.1, -0.05) is 12.0 Å². The number of rotatable bonds is 7. The van der Waals surface area contributed by atoms with Gasteiger partial charge in [-0.25, -0.2) is 4.98 Å². The third kappa shape index (κ3) is 6.49. The van der Waals surface area contributed by atoms with E-state index in [1.165, 1.54) is 13.2 Å². The van der Waals surface area contributed by atoms with E-state index in [9.17, 15) is 8.42 Å². The SMILES string of the molecule is COCCNS(=O)(=O)Nc1cccc(C#CCCO)n1. The van der Waals surface area contributed by atoms with Crippen molar-refractivity contribution in [2.24, 2.45) is 0 Å². The Morgan fingerprint density at radius 1 is 1.45 bits per heavy atom. The molecular weight excluding hydrogens is 282 g/mol. The average molecular weight is 299 g/mol. The van der Waals surface area contributed by atoms with Crippen LogP contribution in [0.25, 0.3) is 0 Å². The minimum Gasteiger partial charge on any atom is -0.395 e. The molecule has 0 saturated carbocycles. The zero-order valence-corrected chi connectivity index (χ0v) is 11.9. The maximum Gasteiger partial charge on any atom is 0.300 e. The highest BCUT2D eigenvalue weighted by atomic mass is 32.2. The van der Waals surface area contributed by atoms with Crippen molar-refractivity contribution in [3.05, 3.63) is 23.9 Å². The minimum atomic E-state index is -3.68. The van der Waals surface area contributed by atoms with Gasteiger partial charge in [-0.3, -0.25) is 4.72 Å². The molecule has 1 rings (SSSR count). The van der Waals surface area contributed by atoms with E-state index in [-0.39, 0.29) is 25.6 Å². The molecule has 8 heteroatoms. The fourth-order valence-electron chi connectivity index (χ4n) is 1.22. The number of aliphatic hydroxyl groups is 1. The normalized spacial score (nSPS) is 10.7. The summed E-state index contributed by atoms with van der Waals surface area (Å²) in [6, 6.07) is 4.82. The summed E-state index contributed by atoms with van der Waals surface area (Å²) in [5.41, 5.74) is 0.426. The predicted octanol–water partition coefficient (Wildman–Crippen LogP) is -0.292. The first-order valence-electron chi connectivity index (χ1n) is 5.90. The van der Waals surface area contributed by atoms with E-state index < -0.39 is 10.2 Å². The van der Waals surface area contributed by atoms with Crippen LogP contribution in [0.3, 0.4) is 0 Å². The van der Waals surface area contributed by atoms with Gasteiger partial charge < -0.3 is 9.84 Å². The maximum absolute atomic E-state index is 11.7. The average Bonchev–Trinajstić information content (AvgIpc) is 2.39. The molecule has 110 valence electrons. The van der Waals surface area contributed by atoms with Crippen LogP contribution >= 0.6 is 0 Å². The van der Waals surface area contributed by atoms with Crippen LogP contribution in [0.4, 0.5) is 5.82 Å². The summed E-state index contributed by atoms with van der Waals surface area (Å²) in [5.74, 6) is 5.61. The summed E-state index contributed by atoms with van der Waals surface area (Å²) in [4.78, 5) is 4.04. The van der Waals surface area contributed by atoms with Crippen molar-refractivity contribution in [1.82, 2.24) is 9.71 Å². The summed E-state index contributed by atoms with van der Waals surface area (Å²) < 4.78 is 32.7. The van der Waals surface area contributed by atoms with Crippen molar-refractivity contribution < 1.29 is 18.3 Å². The van der Waals surface area contributed by atoms with Crippen molar-refractivity contribution in [3.8, 4) is 11.8 Å². The third-order valence-electron chi connectivity index (χ3n) is 2.04. The number of methoxy groups -OCH3 is 1. The van der Waals surface area contributed by atoms with Crippen LogP contribution in [0.2, 0.25) is 0 Å². The quantitative estimate of drug-likeness (QED) is 0.474. The lowest BCUT2D eigenvalue weighted by molar-refractivity contribution is 0.204. The lowest BCUT2D eigenvalue weighted by Gasteiger charge is -2.08. The second-order valence-corrected chi connectivity index (χ2v) is 5.18. The van der Waals surface area contributed by atoms with Crippen molar-refractivity contribution in [2.75, 3.05) is 31.6 Å². The monoisotopic (exact) mass is 299 g/mol. The van der Waals surface area contributed by atoms with E-state index in [2.05, 4.69) is 26.3 Å². The molecule has 1 aromatic rings. The lowest BCUT2D eigenvalue weighted by atomic mass is 10.3. The molecule has 3 N–H and O–H groups in total. The molecule has 0 radical (unpaired) electrons. The van der Waals surface area contributed by atoms with Gasteiger partial charge in [0.25, 0.3) is 10.2 Å². The summed E-state index contributed by atoms with van der Waals surface area (Å²) in [6.07, 6.45) is 0.343. The summed E-state index contributed by atoms with van der Waals surface area (Å²) in [6.45, 7) is 0.422. The lowest BCUT2D eigenvalue weighted by Crippen LogP contribution is -2.32. The van der Waals surface area contributed by atoms with E-state index >= 15 is 0 Å². The van der Waals surface area contributed by atoms with Gasteiger partial charge in [0.15, 0.2) is 0 Å². The fourth-order valence-corrected chi connectivity index (χ4v) is 2.04. The van der Waals surface area contributed by atoms with Crippen LogP contribution in [0.15, 0.2) is 18.2 Å². The molecule has 20 heavy (non-hydrogen) atoms. The molecular formula is C12H17N3O4S. The summed E-state index contributed by atoms with van der Waals surface area (Å²) >= 11 is 0. The molecule has 0 aromatic carbocycles. The molecule has 0 saturated heterocycles. The largest absolute Gasteiger partial charge is 0.395 e. The van der Waals surface area contributed by atoms with E-state index in [0.717, 1.165) is 0 Å². The molecule has 0 unspecified atom stereocenters. The number of anilines is 1. The molecule has 0 bridgehead atoms. The highest BCUT2D eigenvalue weighted by Crippen LogP contribution is 2.05. The van der Waals surface area contributed by atoms with Crippen LogP contribution in [0, 0.1) is 11.8 Å². The Bertz CT molecular complexity index is 578. The predicted molar refractivity (Wildman–Crippen MR) is 75.2 cm³/mol. The van der Waals surface area contributed by atoms with Gasteiger partial charge in [-0.15, -0.1) is 0 Å². The molecule has 0 amide bonds. The molecule has 1 heterocycles. The Morgan fingerprint density at radius 3 is 2.95 bits per heavy atom. The van der Waals surface area contributed by atoms with Gasteiger partial charge in [-0.2, -0.15) is 13.1 Å². The molecule has 7 nitrogen and oxygen atoms in total. The Labute approximate surface area is 118 Å². The fraction of sp³-hybridized carbons (Fsp3) is 0.417. The Hall–Kier alpha value is -1.66. The first kappa shape index (κ1) is 16.4. The van der Waals surface area contributed by atoms with E-state index in [1.807, 2.05) is 0 Å². The van der Waals surface area contributed by atoms with E-state index in [0.29, 0.717) is 12.1 Å². The minimum absolute atomic E-state index is 0.0251. The molecule has 0 spiro atoms. The first-order valence-corrected chi connectivity index (χ1v) is 7.39. The van der Waals surface area contributed by atoms with Gasteiger partial charge in [-0.05, 0) is 18.1 Å². The number of hydrogen-bond donors (Lipinski definition) is 3. The topological polar surface area (TPSA) is 101 Å². The zero-order valence-electron chi connectivity index (χ0n) is 11.1. The Balaban J connectivity index is 2.68. The highest BCUT2D eigenvalue weighted by Gasteiger charge is 2.09. The number of nitrogens with zero attached hydrogens (tertiary/aromatic N) is 1. The molecule has 1 aromatic heterocycles. The van der Waals surface area contributed by atoms with Crippen LogP contribution in [0.1, 0.15) is 12.1 Å². The Morgan fingerprint density at radius 2 is 2.25 bits per heavy atom. The van der Waals surface area contributed by atoms with Crippen LogP contribution in [-0.2, 0) is 14.9 Å². The molecule has 0 aliphatic heterocycles. The van der Waals surface area contributed by atoms with Crippen molar-refractivity contribution in [3.63, 3.8) is 0 Å². The van der Waals surface area contributed by atoms with Crippen LogP contribution < -0.4 is 9.44 Å². The number of hydrogen-bond acceptors (Lipinski definition) is 5. The zero-order chi connectivity index (χ0) is 14.8. The molecule has 0 fully saturated rings. The Kier molecular flexibility index (Phi) is 6.97. The van der Waals surface area contributed by atoms with Crippen LogP contribution in [0.5, 0.6) is 0 Å². The van der Waals surface area contributed by atoms with E-state index in [4.69, 9.17) is 9.84 Å². The number of aliphatic hydroxyl groups excluding tert-OH is 1. The molecule has 0 aliphatic carbocycles. The second kappa shape index (κ2) is 8.50. The van der Waals surface area contributed by atoms with Gasteiger partial charge >= 0.3 is 0 Å². The third-order valence-corrected chi connectivity index (χ3v) is 3.10. The highest BCUT2D eigenvalue weighted by molar-refractivity contribution is 7.90. The second-order valence-electron chi connectivity index (χ2n) is 3.68. The van der Waals surface area contributed by atoms with Gasteiger partial charge in [0.1, 0.15) is 11.5 Å². The van der Waals surface area contributed by atoms with Crippen LogP contribution in [-0.4, -0.2) is 45.4 Å². The number of pyridine rings is 1. The van der Waals surface area contributed by atoms with Crippen molar-refractivity contribution in [2.45, 2.75) is 6.42 Å². The molecule has 0 atom stereocenters.